The minimum Gasteiger partial charge on any atom is -0.501 e. The molecule has 1 fully saturated rings. The Hall–Kier alpha value is -3.26. The molecule has 164 valence electrons. The van der Waals surface area contributed by atoms with E-state index in [0.29, 0.717) is 24.9 Å². The van der Waals surface area contributed by atoms with Crippen LogP contribution in [0.3, 0.4) is 0 Å². The smallest absolute Gasteiger partial charge is 0.272 e. The highest BCUT2D eigenvalue weighted by molar-refractivity contribution is 5.92. The predicted molar refractivity (Wildman–Crippen MR) is 117 cm³/mol. The second-order valence-electron chi connectivity index (χ2n) is 7.31. The Morgan fingerprint density at radius 2 is 2.00 bits per heavy atom. The van der Waals surface area contributed by atoms with Gasteiger partial charge in [0, 0.05) is 42.8 Å². The average molecular weight is 425 g/mol. The van der Waals surface area contributed by atoms with Crippen LogP contribution in [-0.4, -0.2) is 54.1 Å². The molecule has 3 rings (SSSR count). The Kier molecular flexibility index (Phi) is 7.72. The number of nitrogens with one attached hydrogen (secondary N) is 1. The van der Waals surface area contributed by atoms with Gasteiger partial charge in [0.05, 0.1) is 12.9 Å². The van der Waals surface area contributed by atoms with Gasteiger partial charge in [-0.3, -0.25) is 9.78 Å². The summed E-state index contributed by atoms with van der Waals surface area (Å²) in [4.78, 5) is 16.7. The van der Waals surface area contributed by atoms with Gasteiger partial charge in [0.15, 0.2) is 5.69 Å². The van der Waals surface area contributed by atoms with Crippen LogP contribution in [0.4, 0.5) is 0 Å². The van der Waals surface area contributed by atoms with E-state index in [-0.39, 0.29) is 24.2 Å². The standard InChI is InChI=1S/C23H28N4O4/c1-15-5-6-18(13-24-15)16(2)20(17(3)29-4)14-31-22-8-7-21(26-27-22)23(28)25-19-9-11-30-12-10-19/h5-8,13,19H,2,9-12,14H2,1,3-4H3,(H,25,28)/b20-17-. The summed E-state index contributed by atoms with van der Waals surface area (Å²) in [5.41, 5.74) is 3.60. The van der Waals surface area contributed by atoms with E-state index in [4.69, 9.17) is 14.2 Å². The molecule has 0 bridgehead atoms. The van der Waals surface area contributed by atoms with Crippen molar-refractivity contribution in [2.24, 2.45) is 0 Å². The summed E-state index contributed by atoms with van der Waals surface area (Å²) in [6.45, 7) is 9.45. The first-order valence-corrected chi connectivity index (χ1v) is 10.2. The maximum absolute atomic E-state index is 12.4. The van der Waals surface area contributed by atoms with Gasteiger partial charge in [-0.1, -0.05) is 12.6 Å². The van der Waals surface area contributed by atoms with Crippen LogP contribution in [0.5, 0.6) is 5.88 Å². The number of hydrogen-bond donors (Lipinski definition) is 1. The molecule has 3 heterocycles. The first-order chi connectivity index (χ1) is 15.0. The summed E-state index contributed by atoms with van der Waals surface area (Å²) < 4.78 is 16.5. The normalized spacial score (nSPS) is 15.1. The van der Waals surface area contributed by atoms with Crippen LogP contribution in [0.25, 0.3) is 5.57 Å². The highest BCUT2D eigenvalue weighted by atomic mass is 16.5. The number of carbonyl (C=O) groups excluding carboxylic acids is 1. The van der Waals surface area contributed by atoms with Crippen LogP contribution in [0.2, 0.25) is 0 Å². The molecule has 1 N–H and O–H groups in total. The molecule has 31 heavy (non-hydrogen) atoms. The molecule has 2 aromatic rings. The molecule has 1 aliphatic rings. The van der Waals surface area contributed by atoms with Gasteiger partial charge < -0.3 is 19.5 Å². The summed E-state index contributed by atoms with van der Waals surface area (Å²) in [6, 6.07) is 7.21. The van der Waals surface area contributed by atoms with Gasteiger partial charge >= 0.3 is 0 Å². The number of carbonyl (C=O) groups is 1. The monoisotopic (exact) mass is 424 g/mol. The van der Waals surface area contributed by atoms with E-state index in [0.717, 1.165) is 35.2 Å². The van der Waals surface area contributed by atoms with Gasteiger partial charge in [-0.15, -0.1) is 10.2 Å². The van der Waals surface area contributed by atoms with Crippen LogP contribution in [-0.2, 0) is 9.47 Å². The lowest BCUT2D eigenvalue weighted by atomic mass is 10.0. The summed E-state index contributed by atoms with van der Waals surface area (Å²) in [6.07, 6.45) is 3.37. The van der Waals surface area contributed by atoms with E-state index in [1.807, 2.05) is 26.0 Å². The number of nitrogens with zero attached hydrogens (tertiary/aromatic N) is 3. The molecule has 0 unspecified atom stereocenters. The number of amides is 1. The molecule has 0 aromatic carbocycles. The number of aryl methyl sites for hydroxylation is 1. The number of hydrogen-bond acceptors (Lipinski definition) is 7. The summed E-state index contributed by atoms with van der Waals surface area (Å²) in [5, 5.41) is 11.0. The third kappa shape index (κ3) is 6.11. The third-order valence-corrected chi connectivity index (χ3v) is 5.15. The zero-order valence-corrected chi connectivity index (χ0v) is 18.2. The van der Waals surface area contributed by atoms with E-state index in [1.165, 1.54) is 0 Å². The third-order valence-electron chi connectivity index (χ3n) is 5.15. The molecule has 1 aliphatic heterocycles. The van der Waals surface area contributed by atoms with Crippen molar-refractivity contribution in [3.63, 3.8) is 0 Å². The first kappa shape index (κ1) is 22.4. The molecule has 0 spiro atoms. The lowest BCUT2D eigenvalue weighted by Gasteiger charge is -2.22. The van der Waals surface area contributed by atoms with Gasteiger partial charge in [-0.2, -0.15) is 0 Å². The van der Waals surface area contributed by atoms with Crippen LogP contribution in [0.15, 0.2) is 48.4 Å². The molecule has 1 amide bonds. The van der Waals surface area contributed by atoms with Gasteiger partial charge in [0.2, 0.25) is 5.88 Å². The second-order valence-corrected chi connectivity index (χ2v) is 7.31. The minimum absolute atomic E-state index is 0.103. The van der Waals surface area contributed by atoms with E-state index in [9.17, 15) is 4.79 Å². The van der Waals surface area contributed by atoms with E-state index in [2.05, 4.69) is 27.1 Å². The zero-order chi connectivity index (χ0) is 22.2. The summed E-state index contributed by atoms with van der Waals surface area (Å²) >= 11 is 0. The Morgan fingerprint density at radius 1 is 1.23 bits per heavy atom. The quantitative estimate of drug-likeness (QED) is 0.514. The molecule has 8 nitrogen and oxygen atoms in total. The minimum atomic E-state index is -0.248. The van der Waals surface area contributed by atoms with Crippen LogP contribution in [0, 0.1) is 6.92 Å². The van der Waals surface area contributed by atoms with Crippen LogP contribution >= 0.6 is 0 Å². The number of allylic oxidation sites excluding steroid dienone is 1. The Labute approximate surface area is 182 Å². The molecule has 0 radical (unpaired) electrons. The van der Waals surface area contributed by atoms with Gasteiger partial charge in [0.1, 0.15) is 6.61 Å². The maximum atomic E-state index is 12.4. The van der Waals surface area contributed by atoms with E-state index < -0.39 is 0 Å². The lowest BCUT2D eigenvalue weighted by Crippen LogP contribution is -2.39. The topological polar surface area (TPSA) is 95.5 Å². The lowest BCUT2D eigenvalue weighted by molar-refractivity contribution is 0.0693. The molecule has 2 aromatic heterocycles. The molecule has 0 aliphatic carbocycles. The van der Waals surface area contributed by atoms with Crippen molar-refractivity contribution in [2.75, 3.05) is 26.9 Å². The molecular formula is C23H28N4O4. The SMILES string of the molecule is C=C(/C(COc1ccc(C(=O)NC2CCOCC2)nn1)=C(/C)OC)c1ccc(C)nc1. The molecular weight excluding hydrogens is 396 g/mol. The predicted octanol–water partition coefficient (Wildman–Crippen LogP) is 3.10. The molecule has 1 saturated heterocycles. The molecule has 0 saturated carbocycles. The zero-order valence-electron chi connectivity index (χ0n) is 18.2. The van der Waals surface area contributed by atoms with E-state index >= 15 is 0 Å². The average Bonchev–Trinajstić information content (AvgIpc) is 2.80. The Bertz CT molecular complexity index is 933. The van der Waals surface area contributed by atoms with Crippen molar-refractivity contribution >= 4 is 11.5 Å². The summed E-state index contributed by atoms with van der Waals surface area (Å²) in [5.74, 6) is 0.742. The van der Waals surface area contributed by atoms with Crippen molar-refractivity contribution in [1.29, 1.82) is 0 Å². The Balaban J connectivity index is 1.63. The second kappa shape index (κ2) is 10.7. The van der Waals surface area contributed by atoms with Crippen molar-refractivity contribution in [3.8, 4) is 5.88 Å². The van der Waals surface area contributed by atoms with Gasteiger partial charge in [-0.25, -0.2) is 0 Å². The number of rotatable bonds is 8. The van der Waals surface area contributed by atoms with Crippen LogP contribution in [0.1, 0.15) is 41.5 Å². The fourth-order valence-corrected chi connectivity index (χ4v) is 3.11. The number of pyridine rings is 1. The molecule has 8 heteroatoms. The summed E-state index contributed by atoms with van der Waals surface area (Å²) in [7, 11) is 1.60. The van der Waals surface area contributed by atoms with Gasteiger partial charge in [0.25, 0.3) is 5.91 Å². The highest BCUT2D eigenvalue weighted by Crippen LogP contribution is 2.25. The van der Waals surface area contributed by atoms with Crippen molar-refractivity contribution in [1.82, 2.24) is 20.5 Å². The Morgan fingerprint density at radius 3 is 2.61 bits per heavy atom. The number of ether oxygens (including phenoxy) is 3. The number of aromatic nitrogens is 3. The number of methoxy groups -OCH3 is 1. The highest BCUT2D eigenvalue weighted by Gasteiger charge is 2.18. The maximum Gasteiger partial charge on any atom is 0.272 e. The van der Waals surface area contributed by atoms with Gasteiger partial charge in [-0.05, 0) is 50.0 Å². The van der Waals surface area contributed by atoms with Crippen molar-refractivity contribution < 1.29 is 19.0 Å². The van der Waals surface area contributed by atoms with Crippen LogP contribution < -0.4 is 10.1 Å². The fraction of sp³-hybridized carbons (Fsp3) is 0.391. The van der Waals surface area contributed by atoms with Crippen molar-refractivity contribution in [2.45, 2.75) is 32.7 Å². The largest absolute Gasteiger partial charge is 0.501 e. The fourth-order valence-electron chi connectivity index (χ4n) is 3.11. The van der Waals surface area contributed by atoms with E-state index in [1.54, 1.807) is 25.4 Å². The molecule has 0 atom stereocenters. The van der Waals surface area contributed by atoms with Crippen molar-refractivity contribution in [3.05, 3.63) is 65.3 Å². The first-order valence-electron chi connectivity index (χ1n) is 10.2.